The molecule has 1 aromatic rings. The van der Waals surface area contributed by atoms with Crippen LogP contribution >= 0.6 is 15.9 Å². The molecule has 0 amide bonds. The zero-order valence-electron chi connectivity index (χ0n) is 11.2. The van der Waals surface area contributed by atoms with Crippen LogP contribution in [0.15, 0.2) is 27.8 Å². The van der Waals surface area contributed by atoms with Crippen LogP contribution in [0.4, 0.5) is 0 Å². The first kappa shape index (κ1) is 14.4. The first-order valence-corrected chi connectivity index (χ1v) is 9.15. The summed E-state index contributed by atoms with van der Waals surface area (Å²) >= 11 is 3.28. The van der Waals surface area contributed by atoms with Crippen LogP contribution in [0.5, 0.6) is 0 Å². The summed E-state index contributed by atoms with van der Waals surface area (Å²) in [7, 11) is -3.41. The van der Waals surface area contributed by atoms with E-state index in [1.54, 1.807) is 16.6 Å². The molecule has 0 aromatic carbocycles. The second-order valence-corrected chi connectivity index (χ2v) is 8.24. The molecule has 110 valence electrons. The molecule has 0 aliphatic carbocycles. The molecule has 7 heteroatoms. The van der Waals surface area contributed by atoms with Gasteiger partial charge in [-0.05, 0) is 54.3 Å². The molecule has 2 aliphatic rings. The lowest BCUT2D eigenvalue weighted by atomic mass is 10.2. The highest BCUT2D eigenvalue weighted by Gasteiger charge is 2.36. The van der Waals surface area contributed by atoms with E-state index in [0.29, 0.717) is 23.6 Å². The van der Waals surface area contributed by atoms with Crippen molar-refractivity contribution in [2.45, 2.75) is 30.2 Å². The molecule has 5 nitrogen and oxygen atoms in total. The smallest absolute Gasteiger partial charge is 0.244 e. The van der Waals surface area contributed by atoms with Gasteiger partial charge in [0.2, 0.25) is 10.0 Å². The van der Waals surface area contributed by atoms with E-state index >= 15 is 0 Å². The minimum atomic E-state index is -3.41. The maximum atomic E-state index is 12.6. The summed E-state index contributed by atoms with van der Waals surface area (Å²) in [6, 6.07) is 2.00. The van der Waals surface area contributed by atoms with E-state index in [0.717, 1.165) is 19.5 Å². The van der Waals surface area contributed by atoms with Crippen molar-refractivity contribution in [2.24, 2.45) is 0 Å². The minimum absolute atomic E-state index is 0.272. The van der Waals surface area contributed by atoms with E-state index in [4.69, 9.17) is 0 Å². The molecule has 1 atom stereocenters. The van der Waals surface area contributed by atoms with E-state index in [1.165, 1.54) is 19.0 Å². The number of sulfonamides is 1. The van der Waals surface area contributed by atoms with Gasteiger partial charge in [-0.2, -0.15) is 4.31 Å². The number of aromatic nitrogens is 1. The first-order valence-electron chi connectivity index (χ1n) is 6.92. The monoisotopic (exact) mass is 359 g/mol. The van der Waals surface area contributed by atoms with Gasteiger partial charge in [0.15, 0.2) is 0 Å². The molecule has 2 saturated heterocycles. The Hall–Kier alpha value is -0.500. The van der Waals surface area contributed by atoms with Crippen LogP contribution < -0.4 is 0 Å². The summed E-state index contributed by atoms with van der Waals surface area (Å²) in [4.78, 5) is 6.65. The second kappa shape index (κ2) is 5.71. The van der Waals surface area contributed by atoms with E-state index in [1.807, 2.05) is 0 Å². The molecular weight excluding hydrogens is 342 g/mol. The van der Waals surface area contributed by atoms with Crippen molar-refractivity contribution >= 4 is 26.0 Å². The van der Waals surface area contributed by atoms with Crippen molar-refractivity contribution in [3.63, 3.8) is 0 Å². The highest BCUT2D eigenvalue weighted by Crippen LogP contribution is 2.26. The van der Waals surface area contributed by atoms with Crippen LogP contribution in [0.3, 0.4) is 0 Å². The topological polar surface area (TPSA) is 53.5 Å². The number of hydrogen-bond donors (Lipinski definition) is 0. The van der Waals surface area contributed by atoms with Crippen molar-refractivity contribution in [3.05, 3.63) is 22.9 Å². The maximum absolute atomic E-state index is 12.6. The molecule has 1 unspecified atom stereocenters. The van der Waals surface area contributed by atoms with Crippen LogP contribution in [-0.4, -0.2) is 54.8 Å². The van der Waals surface area contributed by atoms with Gasteiger partial charge in [0.05, 0.1) is 0 Å². The van der Waals surface area contributed by atoms with Crippen LogP contribution in [-0.2, 0) is 10.0 Å². The molecule has 3 heterocycles. The highest BCUT2D eigenvalue weighted by molar-refractivity contribution is 9.10. The maximum Gasteiger partial charge on any atom is 0.244 e. The van der Waals surface area contributed by atoms with Crippen molar-refractivity contribution < 1.29 is 8.42 Å². The predicted octanol–water partition coefficient (Wildman–Crippen LogP) is 1.70. The van der Waals surface area contributed by atoms with Crippen LogP contribution in [0.25, 0.3) is 0 Å². The third kappa shape index (κ3) is 2.77. The Kier molecular flexibility index (Phi) is 4.12. The predicted molar refractivity (Wildman–Crippen MR) is 79.9 cm³/mol. The summed E-state index contributed by atoms with van der Waals surface area (Å²) < 4.78 is 27.5. The molecular formula is C13H18BrN3O2S. The minimum Gasteiger partial charge on any atom is -0.299 e. The van der Waals surface area contributed by atoms with Crippen LogP contribution in [0, 0.1) is 0 Å². The quantitative estimate of drug-likeness (QED) is 0.824. The second-order valence-electron chi connectivity index (χ2n) is 5.39. The molecule has 0 spiro atoms. The zero-order chi connectivity index (χ0) is 14.2. The number of hydrogen-bond acceptors (Lipinski definition) is 4. The lowest BCUT2D eigenvalue weighted by Gasteiger charge is -2.23. The fourth-order valence-corrected chi connectivity index (χ4v) is 5.01. The molecule has 0 radical (unpaired) electrons. The lowest BCUT2D eigenvalue weighted by molar-refractivity contribution is 0.251. The van der Waals surface area contributed by atoms with Gasteiger partial charge in [0, 0.05) is 36.0 Å². The Morgan fingerprint density at radius 2 is 1.95 bits per heavy atom. The molecule has 3 rings (SSSR count). The normalized spacial score (nSPS) is 25.4. The molecule has 2 aliphatic heterocycles. The number of pyridine rings is 1. The van der Waals surface area contributed by atoms with Gasteiger partial charge in [0.25, 0.3) is 0 Å². The standard InChI is InChI=1S/C13H18BrN3O2S/c14-11-7-13(9-15-8-11)20(18,19)17-6-3-12(10-17)16-4-1-2-5-16/h7-9,12H,1-6,10H2. The number of likely N-dealkylation sites (tertiary alicyclic amines) is 1. The SMILES string of the molecule is O=S(=O)(c1cncc(Br)c1)N1CCC(N2CCCC2)C1. The van der Waals surface area contributed by atoms with Crippen molar-refractivity contribution in [2.75, 3.05) is 26.2 Å². The van der Waals surface area contributed by atoms with Gasteiger partial charge in [-0.15, -0.1) is 0 Å². The number of rotatable bonds is 3. The zero-order valence-corrected chi connectivity index (χ0v) is 13.6. The van der Waals surface area contributed by atoms with Crippen molar-refractivity contribution in [3.8, 4) is 0 Å². The largest absolute Gasteiger partial charge is 0.299 e. The summed E-state index contributed by atoms with van der Waals surface area (Å²) in [5.41, 5.74) is 0. The highest BCUT2D eigenvalue weighted by atomic mass is 79.9. The van der Waals surface area contributed by atoms with Crippen LogP contribution in [0.1, 0.15) is 19.3 Å². The van der Waals surface area contributed by atoms with Gasteiger partial charge < -0.3 is 0 Å². The number of nitrogens with zero attached hydrogens (tertiary/aromatic N) is 3. The average molecular weight is 360 g/mol. The summed E-state index contributed by atoms with van der Waals surface area (Å²) in [6.07, 6.45) is 6.41. The first-order chi connectivity index (χ1) is 9.57. The molecule has 0 saturated carbocycles. The summed E-state index contributed by atoms with van der Waals surface area (Å²) in [5, 5.41) is 0. The molecule has 20 heavy (non-hydrogen) atoms. The molecule has 1 aromatic heterocycles. The van der Waals surface area contributed by atoms with Gasteiger partial charge in [-0.25, -0.2) is 8.42 Å². The number of halogens is 1. The third-order valence-corrected chi connectivity index (χ3v) is 6.36. The summed E-state index contributed by atoms with van der Waals surface area (Å²) in [6.45, 7) is 3.43. The lowest BCUT2D eigenvalue weighted by Crippen LogP contribution is -2.37. The fourth-order valence-electron chi connectivity index (χ4n) is 3.02. The van der Waals surface area contributed by atoms with E-state index in [2.05, 4.69) is 25.8 Å². The Labute approximate surface area is 128 Å². The van der Waals surface area contributed by atoms with Gasteiger partial charge >= 0.3 is 0 Å². The molecule has 0 bridgehead atoms. The third-order valence-electron chi connectivity index (χ3n) is 4.10. The van der Waals surface area contributed by atoms with E-state index in [9.17, 15) is 8.42 Å². The van der Waals surface area contributed by atoms with E-state index in [-0.39, 0.29) is 4.90 Å². The fraction of sp³-hybridized carbons (Fsp3) is 0.615. The Morgan fingerprint density at radius 3 is 2.65 bits per heavy atom. The van der Waals surface area contributed by atoms with Crippen LogP contribution in [0.2, 0.25) is 0 Å². The van der Waals surface area contributed by atoms with Crippen molar-refractivity contribution in [1.29, 1.82) is 0 Å². The van der Waals surface area contributed by atoms with Gasteiger partial charge in [0.1, 0.15) is 4.90 Å². The van der Waals surface area contributed by atoms with Crippen molar-refractivity contribution in [1.82, 2.24) is 14.2 Å². The van der Waals surface area contributed by atoms with E-state index < -0.39 is 10.0 Å². The Bertz CT molecular complexity index is 587. The summed E-state index contributed by atoms with van der Waals surface area (Å²) in [5.74, 6) is 0. The Morgan fingerprint density at radius 1 is 1.20 bits per heavy atom. The Balaban J connectivity index is 1.76. The average Bonchev–Trinajstić information content (AvgIpc) is 3.10. The van der Waals surface area contributed by atoms with Gasteiger partial charge in [-0.3, -0.25) is 9.88 Å². The molecule has 0 N–H and O–H groups in total. The molecule has 2 fully saturated rings. The van der Waals surface area contributed by atoms with Gasteiger partial charge in [-0.1, -0.05) is 0 Å².